The SMILES string of the molecule is CCN(C(=O)COC(=O)c1ccccc1SCC(=O)N(C)C)c1nc2ccccc2s1. The number of nitrogens with zero attached hydrogens (tertiary/aromatic N) is 3. The third-order valence-electron chi connectivity index (χ3n) is 4.41. The molecule has 0 spiro atoms. The van der Waals surface area contributed by atoms with E-state index in [1.165, 1.54) is 32.9 Å². The molecule has 9 heteroatoms. The van der Waals surface area contributed by atoms with Gasteiger partial charge >= 0.3 is 5.97 Å². The largest absolute Gasteiger partial charge is 0.452 e. The van der Waals surface area contributed by atoms with Gasteiger partial charge in [-0.05, 0) is 31.2 Å². The van der Waals surface area contributed by atoms with Crippen LogP contribution >= 0.6 is 23.1 Å². The lowest BCUT2D eigenvalue weighted by Crippen LogP contribution is -2.34. The highest BCUT2D eigenvalue weighted by atomic mass is 32.2. The number of anilines is 1. The number of hydrogen-bond donors (Lipinski definition) is 0. The quantitative estimate of drug-likeness (QED) is 0.379. The number of esters is 1. The lowest BCUT2D eigenvalue weighted by atomic mass is 10.2. The molecule has 0 aliphatic rings. The van der Waals surface area contributed by atoms with Crippen LogP contribution in [0, 0.1) is 0 Å². The molecule has 31 heavy (non-hydrogen) atoms. The first kappa shape index (κ1) is 22.8. The maximum absolute atomic E-state index is 12.7. The maximum Gasteiger partial charge on any atom is 0.339 e. The molecule has 2 amide bonds. The fraction of sp³-hybridized carbons (Fsp3) is 0.273. The van der Waals surface area contributed by atoms with Gasteiger partial charge in [-0.15, -0.1) is 11.8 Å². The van der Waals surface area contributed by atoms with Gasteiger partial charge < -0.3 is 9.64 Å². The van der Waals surface area contributed by atoms with Crippen molar-refractivity contribution in [1.82, 2.24) is 9.88 Å². The molecule has 1 aromatic heterocycles. The van der Waals surface area contributed by atoms with E-state index in [4.69, 9.17) is 4.74 Å². The molecule has 0 saturated carbocycles. The van der Waals surface area contributed by atoms with Gasteiger partial charge in [0.2, 0.25) is 5.91 Å². The molecule has 0 atom stereocenters. The van der Waals surface area contributed by atoms with Gasteiger partial charge in [0.25, 0.3) is 5.91 Å². The number of carbonyl (C=O) groups excluding carboxylic acids is 3. The van der Waals surface area contributed by atoms with Crippen LogP contribution < -0.4 is 4.90 Å². The Hall–Kier alpha value is -2.91. The number of rotatable bonds is 8. The third kappa shape index (κ3) is 5.62. The molecule has 0 aliphatic carbocycles. The smallest absolute Gasteiger partial charge is 0.339 e. The normalized spacial score (nSPS) is 10.7. The first-order valence-corrected chi connectivity index (χ1v) is 11.5. The predicted molar refractivity (Wildman–Crippen MR) is 124 cm³/mol. The van der Waals surface area contributed by atoms with Crippen molar-refractivity contribution in [3.05, 3.63) is 54.1 Å². The van der Waals surface area contributed by atoms with Gasteiger partial charge in [-0.3, -0.25) is 14.5 Å². The molecule has 0 saturated heterocycles. The average molecular weight is 458 g/mol. The number of fused-ring (bicyclic) bond motifs is 1. The fourth-order valence-electron chi connectivity index (χ4n) is 2.71. The van der Waals surface area contributed by atoms with Crippen molar-refractivity contribution in [1.29, 1.82) is 0 Å². The maximum atomic E-state index is 12.7. The number of likely N-dealkylation sites (N-methyl/N-ethyl adjacent to an activating group) is 1. The van der Waals surface area contributed by atoms with Crippen molar-refractivity contribution >= 4 is 56.2 Å². The summed E-state index contributed by atoms with van der Waals surface area (Å²) < 4.78 is 6.29. The van der Waals surface area contributed by atoms with E-state index in [0.29, 0.717) is 22.1 Å². The fourth-order valence-corrected chi connectivity index (χ4v) is 4.77. The van der Waals surface area contributed by atoms with Gasteiger partial charge in [-0.2, -0.15) is 0 Å². The molecule has 7 nitrogen and oxygen atoms in total. The van der Waals surface area contributed by atoms with Crippen molar-refractivity contribution in [3.63, 3.8) is 0 Å². The number of thiazole rings is 1. The Kier molecular flexibility index (Phi) is 7.64. The van der Waals surface area contributed by atoms with E-state index < -0.39 is 12.6 Å². The summed E-state index contributed by atoms with van der Waals surface area (Å²) in [6.45, 7) is 1.87. The predicted octanol–water partition coefficient (Wildman–Crippen LogP) is 3.69. The van der Waals surface area contributed by atoms with E-state index in [1.807, 2.05) is 31.2 Å². The second kappa shape index (κ2) is 10.4. The molecule has 0 radical (unpaired) electrons. The number of hydrogen-bond acceptors (Lipinski definition) is 7. The van der Waals surface area contributed by atoms with Crippen LogP contribution in [0.25, 0.3) is 10.2 Å². The average Bonchev–Trinajstić information content (AvgIpc) is 3.20. The number of amides is 2. The Balaban J connectivity index is 1.65. The summed E-state index contributed by atoms with van der Waals surface area (Å²) in [6, 6.07) is 14.5. The lowest BCUT2D eigenvalue weighted by molar-refractivity contribution is -0.126. The van der Waals surface area contributed by atoms with Gasteiger partial charge in [0.05, 0.1) is 21.5 Å². The molecule has 162 valence electrons. The zero-order valence-corrected chi connectivity index (χ0v) is 19.2. The molecule has 0 fully saturated rings. The summed E-state index contributed by atoms with van der Waals surface area (Å²) in [5, 5.41) is 0.572. The minimum Gasteiger partial charge on any atom is -0.452 e. The highest BCUT2D eigenvalue weighted by Crippen LogP contribution is 2.29. The van der Waals surface area contributed by atoms with E-state index in [2.05, 4.69) is 4.98 Å². The van der Waals surface area contributed by atoms with Crippen LogP contribution in [0.2, 0.25) is 0 Å². The Morgan fingerprint density at radius 3 is 2.45 bits per heavy atom. The molecular formula is C22H23N3O4S2. The summed E-state index contributed by atoms with van der Waals surface area (Å²) in [5.74, 6) is -0.799. The van der Waals surface area contributed by atoms with Crippen LogP contribution in [0.3, 0.4) is 0 Å². The van der Waals surface area contributed by atoms with Crippen LogP contribution in [-0.2, 0) is 14.3 Å². The number of para-hydroxylation sites is 1. The van der Waals surface area contributed by atoms with Crippen LogP contribution in [0.4, 0.5) is 5.13 Å². The van der Waals surface area contributed by atoms with Gasteiger partial charge in [-0.25, -0.2) is 9.78 Å². The third-order valence-corrected chi connectivity index (χ3v) is 6.53. The minimum atomic E-state index is -0.603. The van der Waals surface area contributed by atoms with Gasteiger partial charge in [-0.1, -0.05) is 35.6 Å². The summed E-state index contributed by atoms with van der Waals surface area (Å²) >= 11 is 2.68. The molecular weight excluding hydrogens is 434 g/mol. The molecule has 1 heterocycles. The highest BCUT2D eigenvalue weighted by Gasteiger charge is 2.21. The number of aromatic nitrogens is 1. The number of benzene rings is 2. The first-order chi connectivity index (χ1) is 14.9. The van der Waals surface area contributed by atoms with Gasteiger partial charge in [0.1, 0.15) is 0 Å². The molecule has 0 N–H and O–H groups in total. The zero-order chi connectivity index (χ0) is 22.4. The van der Waals surface area contributed by atoms with Crippen LogP contribution in [0.15, 0.2) is 53.4 Å². The standard InChI is InChI=1S/C22H23N3O4S2/c1-4-25(22-23-16-10-6-8-12-18(16)31-22)19(26)13-29-21(28)15-9-5-7-11-17(15)30-14-20(27)24(2)3/h5-12H,4,13-14H2,1-3H3. The van der Waals surface area contributed by atoms with E-state index in [9.17, 15) is 14.4 Å². The Labute approximate surface area is 189 Å². The first-order valence-electron chi connectivity index (χ1n) is 9.65. The summed E-state index contributed by atoms with van der Waals surface area (Å²) in [4.78, 5) is 45.3. The monoisotopic (exact) mass is 457 g/mol. The molecule has 0 aliphatic heterocycles. The number of ether oxygens (including phenoxy) is 1. The summed E-state index contributed by atoms with van der Waals surface area (Å²) in [5.41, 5.74) is 1.15. The molecule has 0 bridgehead atoms. The number of thioether (sulfide) groups is 1. The van der Waals surface area contributed by atoms with Gasteiger partial charge in [0, 0.05) is 25.5 Å². The second-order valence-electron chi connectivity index (χ2n) is 6.75. The van der Waals surface area contributed by atoms with Crippen LogP contribution in [0.1, 0.15) is 17.3 Å². The lowest BCUT2D eigenvalue weighted by Gasteiger charge is -2.17. The van der Waals surface area contributed by atoms with Crippen molar-refractivity contribution in [3.8, 4) is 0 Å². The van der Waals surface area contributed by atoms with Crippen molar-refractivity contribution in [2.45, 2.75) is 11.8 Å². The van der Waals surface area contributed by atoms with Crippen molar-refractivity contribution in [2.24, 2.45) is 0 Å². The Bertz CT molecular complexity index is 1060. The van der Waals surface area contributed by atoms with E-state index >= 15 is 0 Å². The summed E-state index contributed by atoms with van der Waals surface area (Å²) in [6.07, 6.45) is 0. The van der Waals surface area contributed by atoms with Gasteiger partial charge in [0.15, 0.2) is 11.7 Å². The minimum absolute atomic E-state index is 0.0576. The zero-order valence-electron chi connectivity index (χ0n) is 17.5. The topological polar surface area (TPSA) is 79.8 Å². The van der Waals surface area contributed by atoms with Crippen LogP contribution in [0.5, 0.6) is 0 Å². The van der Waals surface area contributed by atoms with E-state index in [1.54, 1.807) is 38.4 Å². The van der Waals surface area contributed by atoms with Crippen molar-refractivity contribution < 1.29 is 19.1 Å². The van der Waals surface area contributed by atoms with E-state index in [-0.39, 0.29) is 17.6 Å². The number of carbonyl (C=O) groups is 3. The Morgan fingerprint density at radius 1 is 1.03 bits per heavy atom. The summed E-state index contributed by atoms with van der Waals surface area (Å²) in [7, 11) is 3.36. The van der Waals surface area contributed by atoms with E-state index in [0.717, 1.165) is 10.2 Å². The molecule has 0 unspecified atom stereocenters. The van der Waals surface area contributed by atoms with Crippen molar-refractivity contribution in [2.75, 3.05) is 37.9 Å². The Morgan fingerprint density at radius 2 is 1.74 bits per heavy atom. The molecule has 2 aromatic carbocycles. The molecule has 3 aromatic rings. The second-order valence-corrected chi connectivity index (χ2v) is 8.78. The molecule has 3 rings (SSSR count). The van der Waals surface area contributed by atoms with Crippen LogP contribution in [-0.4, -0.2) is 60.7 Å². The highest BCUT2D eigenvalue weighted by molar-refractivity contribution is 8.00.